The summed E-state index contributed by atoms with van der Waals surface area (Å²) in [5, 5.41) is 3.06. The highest BCUT2D eigenvalue weighted by atomic mass is 79.9. The van der Waals surface area contributed by atoms with Crippen LogP contribution in [0.1, 0.15) is 31.1 Å². The van der Waals surface area contributed by atoms with Crippen molar-refractivity contribution in [2.75, 3.05) is 25.0 Å². The number of aryl methyl sites for hydroxylation is 1. The molecule has 1 fully saturated rings. The molecule has 1 saturated heterocycles. The number of nitrogens with zero attached hydrogens (tertiary/aromatic N) is 2. The van der Waals surface area contributed by atoms with E-state index in [1.807, 2.05) is 42.2 Å². The second-order valence-corrected chi connectivity index (χ2v) is 7.62. The summed E-state index contributed by atoms with van der Waals surface area (Å²) in [5.41, 5.74) is 1.91. The molecule has 0 aliphatic carbocycles. The van der Waals surface area contributed by atoms with E-state index in [4.69, 9.17) is 4.42 Å². The van der Waals surface area contributed by atoms with Crippen LogP contribution in [0.3, 0.4) is 0 Å². The molecule has 0 atom stereocenters. The van der Waals surface area contributed by atoms with Gasteiger partial charge in [0.15, 0.2) is 0 Å². The summed E-state index contributed by atoms with van der Waals surface area (Å²) in [6.07, 6.45) is 3.63. The van der Waals surface area contributed by atoms with Gasteiger partial charge in [-0.2, -0.15) is 0 Å². The lowest BCUT2D eigenvalue weighted by molar-refractivity contribution is 0.121. The summed E-state index contributed by atoms with van der Waals surface area (Å²) in [6.45, 7) is 7.81. The van der Waals surface area contributed by atoms with Crippen molar-refractivity contribution >= 4 is 27.6 Å². The van der Waals surface area contributed by atoms with Crippen LogP contribution in [0.4, 0.5) is 10.5 Å². The summed E-state index contributed by atoms with van der Waals surface area (Å²) in [7, 11) is 0. The van der Waals surface area contributed by atoms with Crippen LogP contribution in [-0.4, -0.2) is 41.5 Å². The summed E-state index contributed by atoms with van der Waals surface area (Å²) in [4.78, 5) is 17.4. The summed E-state index contributed by atoms with van der Waals surface area (Å²) < 4.78 is 6.53. The molecule has 2 aromatic rings. The molecule has 26 heavy (non-hydrogen) atoms. The van der Waals surface area contributed by atoms with Gasteiger partial charge in [-0.3, -0.25) is 0 Å². The molecular formula is C20H26BrN3O2. The summed E-state index contributed by atoms with van der Waals surface area (Å²) >= 11 is 3.50. The quantitative estimate of drug-likeness (QED) is 0.751. The van der Waals surface area contributed by atoms with Gasteiger partial charge in [0, 0.05) is 29.3 Å². The molecule has 0 spiro atoms. The van der Waals surface area contributed by atoms with Crippen LogP contribution in [0.25, 0.3) is 0 Å². The molecule has 3 rings (SSSR count). The number of hydrogen-bond donors (Lipinski definition) is 1. The van der Waals surface area contributed by atoms with E-state index in [2.05, 4.69) is 33.1 Å². The fraction of sp³-hybridized carbons (Fsp3) is 0.450. The van der Waals surface area contributed by atoms with Gasteiger partial charge in [-0.25, -0.2) is 4.79 Å². The van der Waals surface area contributed by atoms with Gasteiger partial charge in [0.25, 0.3) is 0 Å². The number of likely N-dealkylation sites (tertiary alicyclic amines) is 1. The highest BCUT2D eigenvalue weighted by molar-refractivity contribution is 9.10. The number of benzene rings is 1. The van der Waals surface area contributed by atoms with Crippen molar-refractivity contribution in [3.63, 3.8) is 0 Å². The van der Waals surface area contributed by atoms with Gasteiger partial charge >= 0.3 is 6.03 Å². The number of halogens is 1. The highest BCUT2D eigenvalue weighted by Crippen LogP contribution is 2.23. The number of anilines is 1. The number of hydrogen-bond acceptors (Lipinski definition) is 3. The molecule has 1 aromatic heterocycles. The molecule has 0 unspecified atom stereocenters. The molecule has 6 heteroatoms. The third-order valence-electron chi connectivity index (χ3n) is 5.02. The van der Waals surface area contributed by atoms with Crippen molar-refractivity contribution in [1.82, 2.24) is 9.80 Å². The number of carbonyl (C=O) groups excluding carboxylic acids is 1. The second-order valence-electron chi connectivity index (χ2n) is 6.77. The van der Waals surface area contributed by atoms with E-state index in [1.54, 1.807) is 6.26 Å². The van der Waals surface area contributed by atoms with E-state index in [9.17, 15) is 4.79 Å². The Bertz CT molecular complexity index is 725. The van der Waals surface area contributed by atoms with Gasteiger partial charge in [-0.15, -0.1) is 0 Å². The SMILES string of the molecule is CCN1CCC(N(Cc2ccco2)C(=O)Nc2ccc(Br)c(C)c2)CC1. The molecule has 2 amide bonds. The van der Waals surface area contributed by atoms with E-state index in [0.717, 1.165) is 54.0 Å². The van der Waals surface area contributed by atoms with Crippen LogP contribution in [-0.2, 0) is 6.54 Å². The first-order valence-corrected chi connectivity index (χ1v) is 9.94. The van der Waals surface area contributed by atoms with Crippen LogP contribution in [0.2, 0.25) is 0 Å². The largest absolute Gasteiger partial charge is 0.467 e. The van der Waals surface area contributed by atoms with Crippen molar-refractivity contribution in [2.24, 2.45) is 0 Å². The van der Waals surface area contributed by atoms with Gasteiger partial charge in [0.1, 0.15) is 5.76 Å². The van der Waals surface area contributed by atoms with Crippen LogP contribution in [0, 0.1) is 6.92 Å². The van der Waals surface area contributed by atoms with E-state index in [-0.39, 0.29) is 12.1 Å². The molecule has 0 saturated carbocycles. The van der Waals surface area contributed by atoms with Gasteiger partial charge in [-0.05, 0) is 62.2 Å². The maximum atomic E-state index is 13.0. The minimum Gasteiger partial charge on any atom is -0.467 e. The van der Waals surface area contributed by atoms with Gasteiger partial charge in [0.05, 0.1) is 12.8 Å². The Kier molecular flexibility index (Phi) is 6.38. The van der Waals surface area contributed by atoms with Crippen molar-refractivity contribution in [3.8, 4) is 0 Å². The lowest BCUT2D eigenvalue weighted by Crippen LogP contribution is -2.48. The third-order valence-corrected chi connectivity index (χ3v) is 5.91. The van der Waals surface area contributed by atoms with Crippen molar-refractivity contribution in [3.05, 3.63) is 52.4 Å². The lowest BCUT2D eigenvalue weighted by Gasteiger charge is -2.37. The van der Waals surface area contributed by atoms with Crippen LogP contribution < -0.4 is 5.32 Å². The zero-order valence-corrected chi connectivity index (χ0v) is 17.0. The number of piperidine rings is 1. The van der Waals surface area contributed by atoms with E-state index < -0.39 is 0 Å². The lowest BCUT2D eigenvalue weighted by atomic mass is 10.0. The normalized spacial score (nSPS) is 15.8. The standard InChI is InChI=1S/C20H26BrN3O2/c1-3-23-10-8-17(9-11-23)24(14-18-5-4-12-26-18)20(25)22-16-6-7-19(21)15(2)13-16/h4-7,12-13,17H,3,8-11,14H2,1-2H3,(H,22,25). The number of rotatable bonds is 5. The van der Waals surface area contributed by atoms with Crippen LogP contribution in [0.5, 0.6) is 0 Å². The van der Waals surface area contributed by atoms with Crippen molar-refractivity contribution in [2.45, 2.75) is 39.3 Å². The molecule has 5 nitrogen and oxygen atoms in total. The number of nitrogens with one attached hydrogen (secondary N) is 1. The van der Waals surface area contributed by atoms with Crippen LogP contribution >= 0.6 is 15.9 Å². The fourth-order valence-corrected chi connectivity index (χ4v) is 3.65. The Morgan fingerprint density at radius 3 is 2.73 bits per heavy atom. The van der Waals surface area contributed by atoms with Crippen molar-refractivity contribution in [1.29, 1.82) is 0 Å². The molecule has 1 aromatic carbocycles. The molecule has 1 aliphatic heterocycles. The molecule has 2 heterocycles. The molecule has 1 aliphatic rings. The zero-order chi connectivity index (χ0) is 18.5. The first kappa shape index (κ1) is 19.0. The van der Waals surface area contributed by atoms with Crippen molar-refractivity contribution < 1.29 is 9.21 Å². The van der Waals surface area contributed by atoms with Gasteiger partial charge in [-0.1, -0.05) is 22.9 Å². The maximum Gasteiger partial charge on any atom is 0.322 e. The topological polar surface area (TPSA) is 48.7 Å². The molecule has 140 valence electrons. The third kappa shape index (κ3) is 4.68. The molecule has 0 bridgehead atoms. The number of furan rings is 1. The number of carbonyl (C=O) groups is 1. The van der Waals surface area contributed by atoms with E-state index >= 15 is 0 Å². The minimum absolute atomic E-state index is 0.0712. The molecular weight excluding hydrogens is 394 g/mol. The Hall–Kier alpha value is -1.79. The summed E-state index contributed by atoms with van der Waals surface area (Å²) in [6, 6.07) is 9.79. The van der Waals surface area contributed by atoms with E-state index in [0.29, 0.717) is 6.54 Å². The summed E-state index contributed by atoms with van der Waals surface area (Å²) in [5.74, 6) is 0.810. The number of urea groups is 1. The average Bonchev–Trinajstić information content (AvgIpc) is 3.16. The Morgan fingerprint density at radius 1 is 1.35 bits per heavy atom. The maximum absolute atomic E-state index is 13.0. The van der Waals surface area contributed by atoms with E-state index in [1.165, 1.54) is 0 Å². The first-order valence-electron chi connectivity index (χ1n) is 9.15. The fourth-order valence-electron chi connectivity index (χ4n) is 3.40. The Balaban J connectivity index is 1.73. The second kappa shape index (κ2) is 8.73. The average molecular weight is 420 g/mol. The predicted molar refractivity (Wildman–Crippen MR) is 107 cm³/mol. The van der Waals surface area contributed by atoms with Gasteiger partial charge in [0.2, 0.25) is 0 Å². The Labute approximate surface area is 163 Å². The Morgan fingerprint density at radius 2 is 2.12 bits per heavy atom. The zero-order valence-electron chi connectivity index (χ0n) is 15.4. The predicted octanol–water partition coefficient (Wildman–Crippen LogP) is 4.87. The molecule has 0 radical (unpaired) electrons. The monoisotopic (exact) mass is 419 g/mol. The molecule has 1 N–H and O–H groups in total. The van der Waals surface area contributed by atoms with Gasteiger partial charge < -0.3 is 19.5 Å². The minimum atomic E-state index is -0.0712. The first-order chi connectivity index (χ1) is 12.6. The smallest absolute Gasteiger partial charge is 0.322 e. The van der Waals surface area contributed by atoms with Crippen LogP contribution in [0.15, 0.2) is 45.5 Å². The number of amides is 2. The highest BCUT2D eigenvalue weighted by Gasteiger charge is 2.28.